The largest absolute Gasteiger partial charge is 0.492 e. The lowest BCUT2D eigenvalue weighted by molar-refractivity contribution is 0.223. The first-order valence-corrected chi connectivity index (χ1v) is 14.4. The van der Waals surface area contributed by atoms with Gasteiger partial charge in [0, 0.05) is 12.8 Å². The number of benzene rings is 3. The van der Waals surface area contributed by atoms with E-state index < -0.39 is 9.84 Å². The van der Waals surface area contributed by atoms with Gasteiger partial charge in [-0.25, -0.2) is 8.42 Å². The maximum absolute atomic E-state index is 11.8. The second kappa shape index (κ2) is 13.3. The number of ether oxygens (including phenoxy) is 1. The lowest BCUT2D eigenvalue weighted by Gasteiger charge is -2.19. The van der Waals surface area contributed by atoms with Gasteiger partial charge in [-0.05, 0) is 65.9 Å². The Bertz CT molecular complexity index is 1170. The van der Waals surface area contributed by atoms with Crippen LogP contribution in [-0.2, 0) is 9.84 Å². The van der Waals surface area contributed by atoms with Crippen LogP contribution in [-0.4, -0.2) is 51.6 Å². The summed E-state index contributed by atoms with van der Waals surface area (Å²) in [4.78, 5) is 2.34. The minimum absolute atomic E-state index is 0.171. The fraction of sp³-hybridized carbons (Fsp3) is 0.333. The van der Waals surface area contributed by atoms with Crippen molar-refractivity contribution in [2.45, 2.75) is 26.7 Å². The molecule has 0 fully saturated rings. The molecule has 0 unspecified atom stereocenters. The molecule has 0 aliphatic heterocycles. The van der Waals surface area contributed by atoms with Crippen molar-refractivity contribution in [1.82, 2.24) is 4.90 Å². The van der Waals surface area contributed by atoms with Crippen LogP contribution in [0.15, 0.2) is 84.9 Å². The van der Waals surface area contributed by atoms with E-state index in [1.807, 2.05) is 48.5 Å². The maximum atomic E-state index is 11.8. The van der Waals surface area contributed by atoms with Crippen LogP contribution in [0.1, 0.15) is 43.4 Å². The normalized spacial score (nSPS) is 12.5. The molecule has 0 aliphatic rings. The lowest BCUT2D eigenvalue weighted by atomic mass is 9.87. The summed E-state index contributed by atoms with van der Waals surface area (Å²) in [7, 11) is -3.02. The number of sulfone groups is 1. The predicted octanol–water partition coefficient (Wildman–Crippen LogP) is 6.19. The summed E-state index contributed by atoms with van der Waals surface area (Å²) in [6, 6.07) is 28.9. The van der Waals surface area contributed by atoms with E-state index in [1.54, 1.807) is 0 Å². The van der Waals surface area contributed by atoms with Gasteiger partial charge in [0.2, 0.25) is 0 Å². The highest BCUT2D eigenvalue weighted by molar-refractivity contribution is 7.90. The zero-order valence-corrected chi connectivity index (χ0v) is 21.9. The molecule has 0 saturated carbocycles. The molecular weight excluding hydrogens is 454 g/mol. The van der Waals surface area contributed by atoms with Gasteiger partial charge < -0.3 is 9.64 Å². The van der Waals surface area contributed by atoms with Crippen LogP contribution in [0.3, 0.4) is 0 Å². The number of nitrogens with zero attached hydrogens (tertiary/aromatic N) is 1. The third-order valence-corrected chi connectivity index (χ3v) is 7.17. The van der Waals surface area contributed by atoms with Crippen LogP contribution in [0.25, 0.3) is 11.1 Å². The Balaban J connectivity index is 1.97. The molecule has 35 heavy (non-hydrogen) atoms. The third kappa shape index (κ3) is 8.37. The Kier molecular flexibility index (Phi) is 10.1. The first kappa shape index (κ1) is 26.7. The molecule has 0 radical (unpaired) electrons. The van der Waals surface area contributed by atoms with Crippen LogP contribution in [0.2, 0.25) is 0 Å². The van der Waals surface area contributed by atoms with Crippen molar-refractivity contribution in [3.8, 4) is 5.75 Å². The average molecular weight is 492 g/mol. The van der Waals surface area contributed by atoms with Gasteiger partial charge in [-0.1, -0.05) is 86.6 Å². The summed E-state index contributed by atoms with van der Waals surface area (Å²) in [5.41, 5.74) is 5.58. The molecule has 0 atom stereocenters. The molecule has 186 valence electrons. The van der Waals surface area contributed by atoms with E-state index in [4.69, 9.17) is 4.74 Å². The van der Waals surface area contributed by atoms with Crippen molar-refractivity contribution in [2.75, 3.05) is 38.2 Å². The summed E-state index contributed by atoms with van der Waals surface area (Å²) < 4.78 is 29.7. The first-order valence-electron chi connectivity index (χ1n) is 12.4. The van der Waals surface area contributed by atoms with Crippen molar-refractivity contribution in [2.24, 2.45) is 0 Å². The quantitative estimate of drug-likeness (QED) is 0.267. The van der Waals surface area contributed by atoms with Crippen LogP contribution in [0, 0.1) is 0 Å². The molecule has 0 bridgehead atoms. The highest BCUT2D eigenvalue weighted by Crippen LogP contribution is 2.35. The van der Waals surface area contributed by atoms with E-state index in [0.29, 0.717) is 19.4 Å². The molecule has 0 N–H and O–H groups in total. The van der Waals surface area contributed by atoms with Crippen LogP contribution < -0.4 is 4.74 Å². The summed E-state index contributed by atoms with van der Waals surface area (Å²) in [5.74, 6) is 1.02. The maximum Gasteiger partial charge on any atom is 0.147 e. The molecule has 0 aromatic heterocycles. The smallest absolute Gasteiger partial charge is 0.147 e. The van der Waals surface area contributed by atoms with Gasteiger partial charge in [-0.2, -0.15) is 0 Å². The topological polar surface area (TPSA) is 46.6 Å². The minimum atomic E-state index is -3.02. The molecule has 3 rings (SSSR count). The molecule has 5 heteroatoms. The van der Waals surface area contributed by atoms with Gasteiger partial charge in [0.25, 0.3) is 0 Å². The van der Waals surface area contributed by atoms with Gasteiger partial charge in [-0.3, -0.25) is 0 Å². The fourth-order valence-corrected chi connectivity index (χ4v) is 4.90. The third-order valence-electron chi connectivity index (χ3n) is 6.14. The Labute approximate surface area is 211 Å². The van der Waals surface area contributed by atoms with Crippen molar-refractivity contribution >= 4 is 21.0 Å². The average Bonchev–Trinajstić information content (AvgIpc) is 2.87. The molecular formula is C30H37NO3S. The van der Waals surface area contributed by atoms with E-state index >= 15 is 0 Å². The van der Waals surface area contributed by atoms with E-state index in [-0.39, 0.29) is 5.75 Å². The molecule has 0 spiro atoms. The standard InChI is InChI=1S/C30H37NO3S/c1-4-31(5-2)22-23-34-28-20-18-27(19-21-28)30(26-15-10-7-11-16-26)29(17-12-24-35(3,32)33)25-13-8-6-9-14-25/h6-11,13-16,18-21H,4-5,12,17,22-24H2,1-3H3/b30-29+. The minimum Gasteiger partial charge on any atom is -0.492 e. The number of hydrogen-bond acceptors (Lipinski definition) is 4. The molecule has 0 aliphatic carbocycles. The Morgan fingerprint density at radius 3 is 1.86 bits per heavy atom. The second-order valence-electron chi connectivity index (χ2n) is 8.72. The molecule has 3 aromatic rings. The van der Waals surface area contributed by atoms with E-state index in [1.165, 1.54) is 6.26 Å². The van der Waals surface area contributed by atoms with Crippen LogP contribution in [0.4, 0.5) is 0 Å². The summed E-state index contributed by atoms with van der Waals surface area (Å²) in [6.45, 7) is 7.93. The highest BCUT2D eigenvalue weighted by Gasteiger charge is 2.15. The molecule has 0 heterocycles. The van der Waals surface area contributed by atoms with E-state index in [2.05, 4.69) is 55.1 Å². The van der Waals surface area contributed by atoms with Gasteiger partial charge in [0.05, 0.1) is 5.75 Å². The summed E-state index contributed by atoms with van der Waals surface area (Å²) >= 11 is 0. The fourth-order valence-electron chi connectivity index (χ4n) is 4.23. The first-order chi connectivity index (χ1) is 16.9. The Morgan fingerprint density at radius 1 is 0.771 bits per heavy atom. The van der Waals surface area contributed by atoms with Gasteiger partial charge in [-0.15, -0.1) is 0 Å². The van der Waals surface area contributed by atoms with E-state index in [9.17, 15) is 8.42 Å². The van der Waals surface area contributed by atoms with Crippen molar-refractivity contribution in [3.05, 3.63) is 102 Å². The van der Waals surface area contributed by atoms with E-state index in [0.717, 1.165) is 53.2 Å². The molecule has 3 aromatic carbocycles. The molecule has 4 nitrogen and oxygen atoms in total. The summed E-state index contributed by atoms with van der Waals surface area (Å²) in [5, 5.41) is 0. The SMILES string of the molecule is CCN(CC)CCOc1ccc(/C(=C(\CCCS(C)(=O)=O)c2ccccc2)c2ccccc2)cc1. The zero-order valence-electron chi connectivity index (χ0n) is 21.1. The van der Waals surface area contributed by atoms with Crippen molar-refractivity contribution in [1.29, 1.82) is 0 Å². The highest BCUT2D eigenvalue weighted by atomic mass is 32.2. The number of allylic oxidation sites excluding steroid dienone is 1. The van der Waals surface area contributed by atoms with Crippen LogP contribution in [0.5, 0.6) is 5.75 Å². The van der Waals surface area contributed by atoms with Gasteiger partial charge >= 0.3 is 0 Å². The van der Waals surface area contributed by atoms with Crippen molar-refractivity contribution < 1.29 is 13.2 Å². The number of rotatable bonds is 13. The number of hydrogen-bond donors (Lipinski definition) is 0. The predicted molar refractivity (Wildman–Crippen MR) is 147 cm³/mol. The zero-order chi connectivity index (χ0) is 25.1. The second-order valence-corrected chi connectivity index (χ2v) is 11.0. The lowest BCUT2D eigenvalue weighted by Crippen LogP contribution is -2.27. The Morgan fingerprint density at radius 2 is 1.31 bits per heavy atom. The number of likely N-dealkylation sites (N-methyl/N-ethyl adjacent to an activating group) is 1. The van der Waals surface area contributed by atoms with Gasteiger partial charge in [0.1, 0.15) is 22.2 Å². The molecule has 0 amide bonds. The molecule has 0 saturated heterocycles. The van der Waals surface area contributed by atoms with Crippen LogP contribution >= 0.6 is 0 Å². The summed E-state index contributed by atoms with van der Waals surface area (Å²) in [6.07, 6.45) is 2.55. The van der Waals surface area contributed by atoms with Crippen molar-refractivity contribution in [3.63, 3.8) is 0 Å². The Hall–Kier alpha value is -2.89. The van der Waals surface area contributed by atoms with Gasteiger partial charge in [0.15, 0.2) is 0 Å². The monoisotopic (exact) mass is 491 g/mol.